The Kier molecular flexibility index (Phi) is 6.68. The number of hydrogen-bond acceptors (Lipinski definition) is 4. The third-order valence-electron chi connectivity index (χ3n) is 7.15. The van der Waals surface area contributed by atoms with E-state index < -0.39 is 0 Å². The molecule has 194 valence electrons. The van der Waals surface area contributed by atoms with Crippen molar-refractivity contribution in [2.75, 3.05) is 12.4 Å². The number of rotatable bonds is 8. The van der Waals surface area contributed by atoms with Gasteiger partial charge in [0.05, 0.1) is 24.6 Å². The molecule has 0 atom stereocenters. The SMILES string of the molecule is COc1cccc(-c2ccc(Cn3c(Cc4ccccc4)nc4ccc(NC(=O)C5CC5)cc4c3=O)cc2)c1. The van der Waals surface area contributed by atoms with Crippen LogP contribution >= 0.6 is 0 Å². The predicted molar refractivity (Wildman–Crippen MR) is 154 cm³/mol. The molecule has 1 saturated carbocycles. The van der Waals surface area contributed by atoms with Gasteiger partial charge in [-0.15, -0.1) is 0 Å². The Morgan fingerprint density at radius 2 is 1.69 bits per heavy atom. The minimum absolute atomic E-state index is 0.0134. The number of fused-ring (bicyclic) bond motifs is 1. The molecule has 1 N–H and O–H groups in total. The second-order valence-electron chi connectivity index (χ2n) is 10.0. The number of nitrogens with one attached hydrogen (secondary N) is 1. The van der Waals surface area contributed by atoms with E-state index >= 15 is 0 Å². The van der Waals surface area contributed by atoms with Gasteiger partial charge in [0.2, 0.25) is 5.91 Å². The molecule has 5 aromatic rings. The number of hydrogen-bond donors (Lipinski definition) is 1. The zero-order valence-electron chi connectivity index (χ0n) is 21.8. The van der Waals surface area contributed by atoms with Crippen LogP contribution in [0.3, 0.4) is 0 Å². The molecular formula is C33H29N3O3. The molecule has 1 fully saturated rings. The molecule has 4 aromatic carbocycles. The van der Waals surface area contributed by atoms with Crippen LogP contribution < -0.4 is 15.6 Å². The smallest absolute Gasteiger partial charge is 0.261 e. The van der Waals surface area contributed by atoms with E-state index in [2.05, 4.69) is 17.4 Å². The first kappa shape index (κ1) is 24.6. The number of ether oxygens (including phenoxy) is 1. The monoisotopic (exact) mass is 515 g/mol. The number of carbonyl (C=O) groups is 1. The highest BCUT2D eigenvalue weighted by Gasteiger charge is 2.29. The first-order valence-electron chi connectivity index (χ1n) is 13.2. The third-order valence-corrected chi connectivity index (χ3v) is 7.15. The second-order valence-corrected chi connectivity index (χ2v) is 10.0. The Balaban J connectivity index is 1.36. The first-order valence-corrected chi connectivity index (χ1v) is 13.2. The molecular weight excluding hydrogens is 486 g/mol. The van der Waals surface area contributed by atoms with Crippen LogP contribution in [0.15, 0.2) is 102 Å². The van der Waals surface area contributed by atoms with Gasteiger partial charge >= 0.3 is 0 Å². The largest absolute Gasteiger partial charge is 0.497 e. The van der Waals surface area contributed by atoms with Gasteiger partial charge in [0.1, 0.15) is 11.6 Å². The standard InChI is InChI=1S/C33H29N3O3/c1-39-28-9-5-8-26(19-28)24-12-10-23(11-13-24)21-36-31(18-22-6-3-2-4-7-22)35-30-17-16-27(20-29(30)33(36)38)34-32(37)25-14-15-25/h2-13,16-17,19-20,25H,14-15,18,21H2,1H3,(H,34,37). The number of aromatic nitrogens is 2. The van der Waals surface area contributed by atoms with Crippen LogP contribution in [-0.2, 0) is 17.8 Å². The van der Waals surface area contributed by atoms with Crippen LogP contribution in [-0.4, -0.2) is 22.6 Å². The normalized spacial score (nSPS) is 12.8. The van der Waals surface area contributed by atoms with Crippen molar-refractivity contribution in [2.24, 2.45) is 5.92 Å². The van der Waals surface area contributed by atoms with Gasteiger partial charge in [-0.05, 0) is 65.4 Å². The fourth-order valence-corrected chi connectivity index (χ4v) is 4.80. The summed E-state index contributed by atoms with van der Waals surface area (Å²) in [5.41, 5.74) is 5.35. The van der Waals surface area contributed by atoms with E-state index in [0.717, 1.165) is 40.8 Å². The molecule has 6 heteroatoms. The minimum atomic E-state index is -0.120. The van der Waals surface area contributed by atoms with Gasteiger partial charge in [0.25, 0.3) is 5.56 Å². The lowest BCUT2D eigenvalue weighted by Gasteiger charge is -2.15. The molecule has 1 amide bonds. The first-order chi connectivity index (χ1) is 19.1. The quantitative estimate of drug-likeness (QED) is 0.273. The van der Waals surface area contributed by atoms with Crippen molar-refractivity contribution >= 4 is 22.5 Å². The Morgan fingerprint density at radius 1 is 0.897 bits per heavy atom. The van der Waals surface area contributed by atoms with Crippen LogP contribution in [0.2, 0.25) is 0 Å². The van der Waals surface area contributed by atoms with Gasteiger partial charge in [-0.25, -0.2) is 4.98 Å². The summed E-state index contributed by atoms with van der Waals surface area (Å²) in [7, 11) is 1.66. The molecule has 0 bridgehead atoms. The molecule has 6 rings (SSSR count). The maximum absolute atomic E-state index is 13.9. The van der Waals surface area contributed by atoms with Gasteiger partial charge < -0.3 is 10.1 Å². The number of amides is 1. The molecule has 6 nitrogen and oxygen atoms in total. The van der Waals surface area contributed by atoms with Crippen LogP contribution in [0.4, 0.5) is 5.69 Å². The van der Waals surface area contributed by atoms with Crippen LogP contribution in [0, 0.1) is 5.92 Å². The fraction of sp³-hybridized carbons (Fsp3) is 0.182. The molecule has 1 aliphatic carbocycles. The van der Waals surface area contributed by atoms with Crippen molar-refractivity contribution in [2.45, 2.75) is 25.8 Å². The zero-order chi connectivity index (χ0) is 26.8. The van der Waals surface area contributed by atoms with E-state index in [1.807, 2.05) is 78.9 Å². The molecule has 0 unspecified atom stereocenters. The van der Waals surface area contributed by atoms with Crippen molar-refractivity contribution in [1.82, 2.24) is 9.55 Å². The Bertz CT molecular complexity index is 1710. The van der Waals surface area contributed by atoms with E-state index in [-0.39, 0.29) is 17.4 Å². The number of methoxy groups -OCH3 is 1. The summed E-state index contributed by atoms with van der Waals surface area (Å²) in [5.74, 6) is 1.61. The van der Waals surface area contributed by atoms with Gasteiger partial charge in [-0.3, -0.25) is 14.2 Å². The van der Waals surface area contributed by atoms with Crippen molar-refractivity contribution in [3.8, 4) is 16.9 Å². The highest BCUT2D eigenvalue weighted by molar-refractivity contribution is 5.96. The third kappa shape index (κ3) is 5.46. The van der Waals surface area contributed by atoms with Crippen molar-refractivity contribution < 1.29 is 9.53 Å². The molecule has 0 aliphatic heterocycles. The Labute approximate surface area is 226 Å². The Hall–Kier alpha value is -4.71. The fourth-order valence-electron chi connectivity index (χ4n) is 4.80. The number of carbonyl (C=O) groups excluding carboxylic acids is 1. The van der Waals surface area contributed by atoms with Gasteiger partial charge in [0.15, 0.2) is 0 Å². The topological polar surface area (TPSA) is 73.2 Å². The summed E-state index contributed by atoms with van der Waals surface area (Å²) < 4.78 is 7.12. The lowest BCUT2D eigenvalue weighted by Crippen LogP contribution is -2.26. The van der Waals surface area contributed by atoms with Gasteiger partial charge in [0, 0.05) is 18.0 Å². The van der Waals surface area contributed by atoms with Crippen LogP contribution in [0.5, 0.6) is 5.75 Å². The summed E-state index contributed by atoms with van der Waals surface area (Å²) in [6.07, 6.45) is 2.38. The van der Waals surface area contributed by atoms with Crippen LogP contribution in [0.1, 0.15) is 29.8 Å². The van der Waals surface area contributed by atoms with Gasteiger partial charge in [-0.1, -0.05) is 66.7 Å². The minimum Gasteiger partial charge on any atom is -0.497 e. The lowest BCUT2D eigenvalue weighted by atomic mass is 10.0. The van der Waals surface area contributed by atoms with E-state index in [1.165, 1.54) is 0 Å². The van der Waals surface area contributed by atoms with Crippen molar-refractivity contribution in [3.63, 3.8) is 0 Å². The van der Waals surface area contributed by atoms with E-state index in [0.29, 0.717) is 35.4 Å². The molecule has 1 heterocycles. The second kappa shape index (κ2) is 10.6. The van der Waals surface area contributed by atoms with Crippen molar-refractivity contribution in [1.29, 1.82) is 0 Å². The summed E-state index contributed by atoms with van der Waals surface area (Å²) in [6.45, 7) is 0.390. The van der Waals surface area contributed by atoms with Crippen LogP contribution in [0.25, 0.3) is 22.0 Å². The van der Waals surface area contributed by atoms with Crippen molar-refractivity contribution in [3.05, 3.63) is 124 Å². The summed E-state index contributed by atoms with van der Waals surface area (Å²) in [4.78, 5) is 31.1. The molecule has 39 heavy (non-hydrogen) atoms. The van der Waals surface area contributed by atoms with E-state index in [9.17, 15) is 9.59 Å². The maximum Gasteiger partial charge on any atom is 0.261 e. The van der Waals surface area contributed by atoms with E-state index in [4.69, 9.17) is 9.72 Å². The summed E-state index contributed by atoms with van der Waals surface area (Å²) in [6, 6.07) is 31.6. The molecule has 1 aliphatic rings. The summed E-state index contributed by atoms with van der Waals surface area (Å²) >= 11 is 0. The number of nitrogens with zero attached hydrogens (tertiary/aromatic N) is 2. The average molecular weight is 516 g/mol. The number of anilines is 1. The maximum atomic E-state index is 13.9. The zero-order valence-corrected chi connectivity index (χ0v) is 21.8. The van der Waals surface area contributed by atoms with E-state index in [1.54, 1.807) is 17.7 Å². The highest BCUT2D eigenvalue weighted by atomic mass is 16.5. The molecule has 1 aromatic heterocycles. The molecule has 0 spiro atoms. The lowest BCUT2D eigenvalue weighted by molar-refractivity contribution is -0.117. The predicted octanol–water partition coefficient (Wildman–Crippen LogP) is 6.06. The molecule has 0 saturated heterocycles. The Morgan fingerprint density at radius 3 is 2.44 bits per heavy atom. The number of benzene rings is 4. The van der Waals surface area contributed by atoms with Gasteiger partial charge in [-0.2, -0.15) is 0 Å². The molecule has 0 radical (unpaired) electrons. The highest BCUT2D eigenvalue weighted by Crippen LogP contribution is 2.30. The summed E-state index contributed by atoms with van der Waals surface area (Å²) in [5, 5.41) is 3.45. The average Bonchev–Trinajstić information content (AvgIpc) is 3.82.